The molecule has 2 rings (SSSR count). The molecule has 104 valence electrons. The predicted octanol–water partition coefficient (Wildman–Crippen LogP) is 1.29. The van der Waals surface area contributed by atoms with E-state index in [4.69, 9.17) is 16.7 Å². The van der Waals surface area contributed by atoms with E-state index in [1.54, 1.807) is 6.07 Å². The lowest BCUT2D eigenvalue weighted by molar-refractivity contribution is 0.403. The topological polar surface area (TPSA) is 99.7 Å². The molecule has 0 saturated heterocycles. The summed E-state index contributed by atoms with van der Waals surface area (Å²) in [6.07, 6.45) is 2.77. The summed E-state index contributed by atoms with van der Waals surface area (Å²) in [7, 11) is 1.49. The lowest BCUT2D eigenvalue weighted by Crippen LogP contribution is -2.20. The van der Waals surface area contributed by atoms with Gasteiger partial charge in [0.2, 0.25) is 0 Å². The summed E-state index contributed by atoms with van der Waals surface area (Å²) in [5.74, 6) is -0.462. The van der Waals surface area contributed by atoms with E-state index in [2.05, 4.69) is 15.6 Å². The monoisotopic (exact) mass is 294 g/mol. The smallest absolute Gasteiger partial charge is 0.287 e. The Bertz CT molecular complexity index is 727. The summed E-state index contributed by atoms with van der Waals surface area (Å²) < 4.78 is 1.11. The van der Waals surface area contributed by atoms with Crippen molar-refractivity contribution in [3.63, 3.8) is 0 Å². The molecule has 0 spiro atoms. The van der Waals surface area contributed by atoms with E-state index in [1.165, 1.54) is 31.6 Å². The van der Waals surface area contributed by atoms with Crippen LogP contribution < -0.4 is 11.0 Å². The van der Waals surface area contributed by atoms with Crippen LogP contribution in [0.2, 0.25) is 5.02 Å². The van der Waals surface area contributed by atoms with Crippen LogP contribution in [0, 0.1) is 0 Å². The number of phenols is 2. The van der Waals surface area contributed by atoms with Crippen molar-refractivity contribution in [2.24, 2.45) is 12.1 Å². The summed E-state index contributed by atoms with van der Waals surface area (Å²) in [5, 5.41) is 26.1. The lowest BCUT2D eigenvalue weighted by atomic mass is 10.2. The summed E-state index contributed by atoms with van der Waals surface area (Å²) in [5.41, 5.74) is 2.97. The van der Waals surface area contributed by atoms with Gasteiger partial charge in [-0.1, -0.05) is 11.6 Å². The molecule has 3 N–H and O–H groups in total. The molecule has 0 fully saturated rings. The molecule has 1 aromatic heterocycles. The second-order valence-electron chi connectivity index (χ2n) is 3.92. The number of aryl methyl sites for hydroxylation is 1. The molecule has 0 aliphatic heterocycles. The minimum absolute atomic E-state index is 0.0202. The first-order valence-corrected chi connectivity index (χ1v) is 5.89. The van der Waals surface area contributed by atoms with Crippen LogP contribution in [-0.2, 0) is 7.05 Å². The lowest BCUT2D eigenvalue weighted by Gasteiger charge is -2.03. The first-order valence-electron chi connectivity index (χ1n) is 5.52. The van der Waals surface area contributed by atoms with Gasteiger partial charge in [0.1, 0.15) is 10.7 Å². The highest BCUT2D eigenvalue weighted by molar-refractivity contribution is 6.32. The average Bonchev–Trinajstić information content (AvgIpc) is 2.43. The molecular weight excluding hydrogens is 284 g/mol. The van der Waals surface area contributed by atoms with E-state index in [-0.39, 0.29) is 22.2 Å². The van der Waals surface area contributed by atoms with Crippen molar-refractivity contribution in [3.05, 3.63) is 45.3 Å². The summed E-state index contributed by atoms with van der Waals surface area (Å²) >= 11 is 5.84. The normalized spacial score (nSPS) is 10.9. The molecule has 1 heterocycles. The number of hydrazone groups is 1. The Balaban J connectivity index is 2.16. The summed E-state index contributed by atoms with van der Waals surface area (Å²) in [6.45, 7) is 0. The number of halogens is 1. The van der Waals surface area contributed by atoms with Gasteiger partial charge in [0.25, 0.3) is 5.56 Å². The van der Waals surface area contributed by atoms with Crippen LogP contribution in [0.1, 0.15) is 5.56 Å². The van der Waals surface area contributed by atoms with E-state index in [9.17, 15) is 9.90 Å². The third kappa shape index (κ3) is 2.89. The van der Waals surface area contributed by atoms with Crippen molar-refractivity contribution >= 4 is 23.5 Å². The van der Waals surface area contributed by atoms with Crippen molar-refractivity contribution in [3.8, 4) is 11.5 Å². The molecule has 1 aromatic carbocycles. The third-order valence-electron chi connectivity index (χ3n) is 2.48. The number of aromatic nitrogens is 2. The van der Waals surface area contributed by atoms with Gasteiger partial charge in [-0.2, -0.15) is 10.2 Å². The van der Waals surface area contributed by atoms with Crippen molar-refractivity contribution < 1.29 is 10.2 Å². The third-order valence-corrected chi connectivity index (χ3v) is 2.84. The SMILES string of the molecule is Cn1ncc(N/N=C\c2ccc(O)c(O)c2)c(Cl)c1=O. The van der Waals surface area contributed by atoms with Gasteiger partial charge in [0, 0.05) is 7.05 Å². The van der Waals surface area contributed by atoms with Gasteiger partial charge < -0.3 is 10.2 Å². The van der Waals surface area contributed by atoms with Crippen molar-refractivity contribution in [1.29, 1.82) is 0 Å². The summed E-state index contributed by atoms with van der Waals surface area (Å²) in [6, 6.07) is 4.23. The molecule has 2 aromatic rings. The maximum atomic E-state index is 11.5. The Morgan fingerprint density at radius 1 is 1.40 bits per heavy atom. The first kappa shape index (κ1) is 13.9. The van der Waals surface area contributed by atoms with Crippen LogP contribution in [0.5, 0.6) is 11.5 Å². The number of aromatic hydroxyl groups is 2. The minimum atomic E-state index is -0.436. The van der Waals surface area contributed by atoms with Gasteiger partial charge in [-0.05, 0) is 23.8 Å². The van der Waals surface area contributed by atoms with E-state index in [1.807, 2.05) is 0 Å². The Hall–Kier alpha value is -2.54. The molecule has 8 heteroatoms. The van der Waals surface area contributed by atoms with Crippen molar-refractivity contribution in [2.75, 3.05) is 5.43 Å². The fourth-order valence-corrected chi connectivity index (χ4v) is 1.60. The molecule has 0 atom stereocenters. The molecule has 0 unspecified atom stereocenters. The zero-order valence-electron chi connectivity index (χ0n) is 10.4. The van der Waals surface area contributed by atoms with E-state index < -0.39 is 5.56 Å². The van der Waals surface area contributed by atoms with Crippen LogP contribution in [0.3, 0.4) is 0 Å². The second-order valence-corrected chi connectivity index (χ2v) is 4.30. The quantitative estimate of drug-likeness (QED) is 0.450. The Kier molecular flexibility index (Phi) is 3.90. The predicted molar refractivity (Wildman–Crippen MR) is 75.5 cm³/mol. The van der Waals surface area contributed by atoms with Crippen LogP contribution in [-0.4, -0.2) is 26.2 Å². The van der Waals surface area contributed by atoms with Gasteiger partial charge >= 0.3 is 0 Å². The molecule has 0 aliphatic carbocycles. The highest BCUT2D eigenvalue weighted by Crippen LogP contribution is 2.24. The van der Waals surface area contributed by atoms with Crippen LogP contribution >= 0.6 is 11.6 Å². The molecule has 20 heavy (non-hydrogen) atoms. The standard InChI is InChI=1S/C12H11ClN4O3/c1-17-12(20)11(13)8(6-15-17)16-14-5-7-2-3-9(18)10(19)4-7/h2-6,16,18-19H,1H3/b14-5-. The number of benzene rings is 1. The number of hydrogen-bond donors (Lipinski definition) is 3. The molecular formula is C12H11ClN4O3. The Labute approximate surface area is 118 Å². The van der Waals surface area contributed by atoms with Gasteiger partial charge in [-0.3, -0.25) is 10.2 Å². The zero-order valence-corrected chi connectivity index (χ0v) is 11.2. The van der Waals surface area contributed by atoms with Gasteiger partial charge in [0.05, 0.1) is 12.4 Å². The number of hydrogen-bond acceptors (Lipinski definition) is 6. The highest BCUT2D eigenvalue weighted by Gasteiger charge is 2.05. The largest absolute Gasteiger partial charge is 0.504 e. The Morgan fingerprint density at radius 2 is 2.15 bits per heavy atom. The van der Waals surface area contributed by atoms with E-state index >= 15 is 0 Å². The Morgan fingerprint density at radius 3 is 2.85 bits per heavy atom. The molecule has 0 saturated carbocycles. The first-order chi connectivity index (χ1) is 9.49. The molecule has 7 nitrogen and oxygen atoms in total. The van der Waals surface area contributed by atoms with Crippen LogP contribution in [0.25, 0.3) is 0 Å². The van der Waals surface area contributed by atoms with Crippen molar-refractivity contribution in [1.82, 2.24) is 9.78 Å². The highest BCUT2D eigenvalue weighted by atomic mass is 35.5. The van der Waals surface area contributed by atoms with Crippen molar-refractivity contribution in [2.45, 2.75) is 0 Å². The maximum absolute atomic E-state index is 11.5. The number of anilines is 1. The summed E-state index contributed by atoms with van der Waals surface area (Å²) in [4.78, 5) is 11.5. The van der Waals surface area contributed by atoms with E-state index in [0.29, 0.717) is 5.56 Å². The number of phenolic OH excluding ortho intramolecular Hbond substituents is 2. The molecule has 0 amide bonds. The van der Waals surface area contributed by atoms with Gasteiger partial charge in [-0.25, -0.2) is 4.68 Å². The van der Waals surface area contributed by atoms with Crippen LogP contribution in [0.15, 0.2) is 34.3 Å². The fourth-order valence-electron chi connectivity index (χ4n) is 1.39. The minimum Gasteiger partial charge on any atom is -0.504 e. The zero-order chi connectivity index (χ0) is 14.7. The van der Waals surface area contributed by atoms with Gasteiger partial charge in [0.15, 0.2) is 11.5 Å². The fraction of sp³-hybridized carbons (Fsp3) is 0.0833. The molecule has 0 aliphatic rings. The second kappa shape index (κ2) is 5.62. The van der Waals surface area contributed by atoms with Gasteiger partial charge in [-0.15, -0.1) is 0 Å². The van der Waals surface area contributed by atoms with Crippen LogP contribution in [0.4, 0.5) is 5.69 Å². The number of nitrogens with zero attached hydrogens (tertiary/aromatic N) is 3. The number of rotatable bonds is 3. The molecule has 0 radical (unpaired) electrons. The average molecular weight is 295 g/mol. The maximum Gasteiger partial charge on any atom is 0.287 e. The number of nitrogens with one attached hydrogen (secondary N) is 1. The molecule has 0 bridgehead atoms. The van der Waals surface area contributed by atoms with E-state index in [0.717, 1.165) is 4.68 Å².